The molecule has 0 bridgehead atoms. The van der Waals surface area contributed by atoms with Gasteiger partial charge in [0.15, 0.2) is 0 Å². The summed E-state index contributed by atoms with van der Waals surface area (Å²) in [6.45, 7) is 0. The van der Waals surface area contributed by atoms with Crippen LogP contribution in [-0.4, -0.2) is 13.5 Å². The summed E-state index contributed by atoms with van der Waals surface area (Å²) in [5, 5.41) is 10.1. The van der Waals surface area contributed by atoms with Gasteiger partial charge in [0.1, 0.15) is 16.5 Å². The van der Waals surface area contributed by atoms with E-state index in [0.717, 1.165) is 18.4 Å². The molecule has 0 aliphatic heterocycles. The number of thiol groups is 1. The highest BCUT2D eigenvalue weighted by molar-refractivity contribution is 7.71. The normalized spacial score (nSPS) is 15.9. The second-order valence-corrected chi connectivity index (χ2v) is 5.16. The number of hydrogen-bond donors (Lipinski definition) is 2. The highest BCUT2D eigenvalue weighted by atomic mass is 35.5. The Morgan fingerprint density at radius 2 is 2.07 bits per heavy atom. The van der Waals surface area contributed by atoms with Crippen molar-refractivity contribution >= 4 is 22.3 Å². The van der Waals surface area contributed by atoms with Gasteiger partial charge < -0.3 is 5.11 Å². The van der Waals surface area contributed by atoms with Crippen molar-refractivity contribution in [2.24, 2.45) is 0 Å². The number of benzene rings is 1. The van der Waals surface area contributed by atoms with E-state index in [1.54, 1.807) is 6.07 Å². The second kappa shape index (κ2) is 4.02. The number of rotatable bonds is 3. The molecule has 0 heterocycles. The lowest BCUT2D eigenvalue weighted by molar-refractivity contribution is 0.468. The summed E-state index contributed by atoms with van der Waals surface area (Å²) < 4.78 is 21.1. The maximum atomic E-state index is 10.6. The summed E-state index contributed by atoms with van der Waals surface area (Å²) in [6.07, 6.45) is 2.14. The second-order valence-electron chi connectivity index (χ2n) is 3.77. The molecule has 1 saturated carbocycles. The zero-order chi connectivity index (χ0) is 11.0. The van der Waals surface area contributed by atoms with Crippen molar-refractivity contribution in [1.82, 2.24) is 0 Å². The van der Waals surface area contributed by atoms with Crippen LogP contribution in [0.15, 0.2) is 12.1 Å². The molecule has 1 aliphatic carbocycles. The lowest BCUT2D eigenvalue weighted by Crippen LogP contribution is -1.91. The predicted molar refractivity (Wildman–Crippen MR) is 59.1 cm³/mol. The van der Waals surface area contributed by atoms with Crippen molar-refractivity contribution in [3.63, 3.8) is 0 Å². The minimum absolute atomic E-state index is 0.118. The smallest absolute Gasteiger partial charge is 0.144 e. The third-order valence-corrected chi connectivity index (χ3v) is 3.46. The van der Waals surface area contributed by atoms with Gasteiger partial charge in [0.2, 0.25) is 0 Å². The van der Waals surface area contributed by atoms with E-state index in [1.165, 1.54) is 6.07 Å². The average Bonchev–Trinajstić information content (AvgIpc) is 2.93. The molecule has 1 aromatic rings. The fourth-order valence-electron chi connectivity index (χ4n) is 1.60. The van der Waals surface area contributed by atoms with Crippen molar-refractivity contribution in [2.75, 3.05) is 0 Å². The number of phenols is 1. The molecule has 82 valence electrons. The van der Waals surface area contributed by atoms with Crippen LogP contribution in [0.4, 0.5) is 0 Å². The fourth-order valence-corrected chi connectivity index (χ4v) is 2.47. The first-order chi connectivity index (χ1) is 7.08. The van der Waals surface area contributed by atoms with E-state index in [9.17, 15) is 13.5 Å². The van der Waals surface area contributed by atoms with Crippen molar-refractivity contribution in [2.45, 2.75) is 24.5 Å². The minimum atomic E-state index is -2.51. The Morgan fingerprint density at radius 3 is 2.60 bits per heavy atom. The topological polar surface area (TPSA) is 54.4 Å². The van der Waals surface area contributed by atoms with Gasteiger partial charge in [-0.1, -0.05) is 11.6 Å². The first kappa shape index (κ1) is 10.8. The molecule has 5 heteroatoms. The zero-order valence-electron chi connectivity index (χ0n) is 7.94. The van der Waals surface area contributed by atoms with Gasteiger partial charge in [-0.25, -0.2) is 8.42 Å². The monoisotopic (exact) mass is 246 g/mol. The Balaban J connectivity index is 2.37. The Bertz CT molecular complexity index is 456. The minimum Gasteiger partial charge on any atom is -0.508 e. The van der Waals surface area contributed by atoms with E-state index >= 15 is 0 Å². The van der Waals surface area contributed by atoms with Crippen LogP contribution < -0.4 is 0 Å². The molecular formula is C10H11ClO3S. The van der Waals surface area contributed by atoms with Crippen LogP contribution in [0.3, 0.4) is 0 Å². The Hall–Kier alpha value is -0.740. The van der Waals surface area contributed by atoms with E-state index in [4.69, 9.17) is 11.6 Å². The molecular weight excluding hydrogens is 236 g/mol. The zero-order valence-corrected chi connectivity index (χ0v) is 9.59. The molecule has 1 aromatic carbocycles. The van der Waals surface area contributed by atoms with Crippen LogP contribution in [0.1, 0.15) is 29.9 Å². The van der Waals surface area contributed by atoms with E-state index in [1.807, 2.05) is 0 Å². The number of halogens is 1. The molecule has 2 rings (SSSR count). The van der Waals surface area contributed by atoms with Crippen LogP contribution in [0, 0.1) is 0 Å². The van der Waals surface area contributed by atoms with E-state index in [2.05, 4.69) is 0 Å². The van der Waals surface area contributed by atoms with Gasteiger partial charge >= 0.3 is 0 Å². The summed E-state index contributed by atoms with van der Waals surface area (Å²) in [7, 11) is -2.51. The SMILES string of the molecule is O=[SH](=O)Cc1cc(O)c(C2CC2)cc1Cl. The average molecular weight is 247 g/mol. The van der Waals surface area contributed by atoms with Crippen molar-refractivity contribution in [3.8, 4) is 5.75 Å². The lowest BCUT2D eigenvalue weighted by atomic mass is 10.1. The number of aromatic hydroxyl groups is 1. The fraction of sp³-hybridized carbons (Fsp3) is 0.400. The van der Waals surface area contributed by atoms with E-state index in [0.29, 0.717) is 16.5 Å². The molecule has 1 fully saturated rings. The predicted octanol–water partition coefficient (Wildman–Crippen LogP) is 2.03. The van der Waals surface area contributed by atoms with Crippen molar-refractivity contribution in [1.29, 1.82) is 0 Å². The van der Waals surface area contributed by atoms with Crippen molar-refractivity contribution in [3.05, 3.63) is 28.3 Å². The quantitative estimate of drug-likeness (QED) is 0.803. The van der Waals surface area contributed by atoms with Gasteiger partial charge in [0, 0.05) is 5.02 Å². The molecule has 0 atom stereocenters. The first-order valence-electron chi connectivity index (χ1n) is 4.71. The molecule has 0 amide bonds. The third kappa shape index (κ3) is 2.44. The standard InChI is InChI=1S/C10H11ClO3S/c11-9-4-8(6-1-2-6)10(12)3-7(9)5-15(13)14/h3-4,6,12,15H,1-2,5H2. The summed E-state index contributed by atoms with van der Waals surface area (Å²) >= 11 is 5.94. The van der Waals surface area contributed by atoms with E-state index < -0.39 is 10.7 Å². The van der Waals surface area contributed by atoms with Gasteiger partial charge in [0.05, 0.1) is 5.75 Å². The third-order valence-electron chi connectivity index (χ3n) is 2.51. The van der Waals surface area contributed by atoms with Crippen LogP contribution >= 0.6 is 11.6 Å². The van der Waals surface area contributed by atoms with Crippen LogP contribution in [-0.2, 0) is 16.5 Å². The summed E-state index contributed by atoms with van der Waals surface area (Å²) in [4.78, 5) is 0. The summed E-state index contributed by atoms with van der Waals surface area (Å²) in [5.74, 6) is 0.443. The van der Waals surface area contributed by atoms with Gasteiger partial charge in [-0.05, 0) is 42.0 Å². The number of hydrogen-bond acceptors (Lipinski definition) is 3. The van der Waals surface area contributed by atoms with Crippen LogP contribution in [0.25, 0.3) is 0 Å². The molecule has 0 unspecified atom stereocenters. The lowest BCUT2D eigenvalue weighted by Gasteiger charge is -2.06. The number of phenolic OH excluding ortho intramolecular Hbond substituents is 1. The van der Waals surface area contributed by atoms with E-state index in [-0.39, 0.29) is 11.5 Å². The molecule has 0 saturated heterocycles. The molecule has 0 aromatic heterocycles. The molecule has 0 spiro atoms. The van der Waals surface area contributed by atoms with Gasteiger partial charge in [0.25, 0.3) is 0 Å². The summed E-state index contributed by atoms with van der Waals surface area (Å²) in [5.41, 5.74) is 1.31. The molecule has 3 nitrogen and oxygen atoms in total. The van der Waals surface area contributed by atoms with Crippen LogP contribution in [0.5, 0.6) is 5.75 Å². The van der Waals surface area contributed by atoms with Gasteiger partial charge in [-0.2, -0.15) is 0 Å². The maximum absolute atomic E-state index is 10.6. The molecule has 1 aliphatic rings. The highest BCUT2D eigenvalue weighted by Crippen LogP contribution is 2.45. The largest absolute Gasteiger partial charge is 0.508 e. The molecule has 15 heavy (non-hydrogen) atoms. The van der Waals surface area contributed by atoms with Gasteiger partial charge in [-0.15, -0.1) is 0 Å². The molecule has 1 N–H and O–H groups in total. The van der Waals surface area contributed by atoms with Crippen LogP contribution in [0.2, 0.25) is 5.02 Å². The summed E-state index contributed by atoms with van der Waals surface area (Å²) in [6, 6.07) is 3.14. The van der Waals surface area contributed by atoms with Gasteiger partial charge in [-0.3, -0.25) is 0 Å². The maximum Gasteiger partial charge on any atom is 0.144 e. The Morgan fingerprint density at radius 1 is 1.40 bits per heavy atom. The first-order valence-corrected chi connectivity index (χ1v) is 6.45. The van der Waals surface area contributed by atoms with Crippen molar-refractivity contribution < 1.29 is 13.5 Å². The molecule has 0 radical (unpaired) electrons. The highest BCUT2D eigenvalue weighted by Gasteiger charge is 2.27. The Kier molecular flexibility index (Phi) is 2.89. The Labute approximate surface area is 94.6 Å².